The third-order valence-corrected chi connectivity index (χ3v) is 3.33. The van der Waals surface area contributed by atoms with Gasteiger partial charge in [0.15, 0.2) is 6.10 Å². The van der Waals surface area contributed by atoms with Crippen molar-refractivity contribution in [3.63, 3.8) is 0 Å². The lowest BCUT2D eigenvalue weighted by atomic mass is 9.73. The predicted molar refractivity (Wildman–Crippen MR) is 84.4 cm³/mol. The number of hydrogen-bond donors (Lipinski definition) is 1. The molecule has 1 aliphatic carbocycles. The number of carbonyl (C=O) groups is 4. The molecule has 142 valence electrons. The number of rotatable bonds is 5. The third-order valence-electron chi connectivity index (χ3n) is 3.33. The van der Waals surface area contributed by atoms with Crippen LogP contribution in [0.15, 0.2) is 0 Å². The van der Waals surface area contributed by atoms with E-state index in [4.69, 9.17) is 18.9 Å². The van der Waals surface area contributed by atoms with Crippen LogP contribution < -0.4 is 5.32 Å². The smallest absolute Gasteiger partial charge is 0.408 e. The minimum atomic E-state index is -0.894. The van der Waals surface area contributed by atoms with Crippen molar-refractivity contribution in [3.05, 3.63) is 0 Å². The fourth-order valence-electron chi connectivity index (χ4n) is 2.47. The van der Waals surface area contributed by atoms with E-state index in [2.05, 4.69) is 5.32 Å². The highest BCUT2D eigenvalue weighted by Crippen LogP contribution is 2.35. The van der Waals surface area contributed by atoms with Crippen molar-refractivity contribution in [2.75, 3.05) is 6.61 Å². The first-order valence-corrected chi connectivity index (χ1v) is 7.88. The average molecular weight is 359 g/mol. The van der Waals surface area contributed by atoms with Gasteiger partial charge in [0, 0.05) is 20.8 Å². The Morgan fingerprint density at radius 1 is 0.880 bits per heavy atom. The largest absolute Gasteiger partial charge is 0.465 e. The molecule has 0 bridgehead atoms. The second-order valence-corrected chi connectivity index (χ2v) is 6.79. The van der Waals surface area contributed by atoms with E-state index in [0.717, 1.165) is 0 Å². The van der Waals surface area contributed by atoms with Gasteiger partial charge in [0.25, 0.3) is 0 Å². The number of esters is 3. The van der Waals surface area contributed by atoms with Crippen LogP contribution in [-0.4, -0.2) is 54.5 Å². The summed E-state index contributed by atoms with van der Waals surface area (Å²) in [6, 6.07) is -0.720. The maximum Gasteiger partial charge on any atom is 0.408 e. The fourth-order valence-corrected chi connectivity index (χ4v) is 2.47. The quantitative estimate of drug-likeness (QED) is 0.569. The zero-order valence-electron chi connectivity index (χ0n) is 15.3. The van der Waals surface area contributed by atoms with Crippen LogP contribution in [0, 0.1) is 5.92 Å². The molecule has 0 saturated heterocycles. The molecular formula is C16H25NO8. The second-order valence-electron chi connectivity index (χ2n) is 6.79. The van der Waals surface area contributed by atoms with E-state index in [1.54, 1.807) is 20.8 Å². The Hall–Kier alpha value is -2.32. The monoisotopic (exact) mass is 359 g/mol. The van der Waals surface area contributed by atoms with E-state index >= 15 is 0 Å². The normalized spacial score (nSPS) is 25.2. The van der Waals surface area contributed by atoms with Crippen LogP contribution in [0.5, 0.6) is 0 Å². The molecule has 1 aliphatic rings. The summed E-state index contributed by atoms with van der Waals surface area (Å²) in [5.74, 6) is -2.26. The summed E-state index contributed by atoms with van der Waals surface area (Å²) in [6.07, 6.45) is -2.45. The zero-order valence-corrected chi connectivity index (χ0v) is 15.3. The Bertz CT molecular complexity index is 539. The van der Waals surface area contributed by atoms with Gasteiger partial charge in [-0.25, -0.2) is 4.79 Å². The minimum absolute atomic E-state index is 0.106. The maximum atomic E-state index is 12.0. The van der Waals surface area contributed by atoms with Gasteiger partial charge in [-0.15, -0.1) is 0 Å². The number of nitrogens with one attached hydrogen (secondary N) is 1. The third kappa shape index (κ3) is 6.60. The van der Waals surface area contributed by atoms with Crippen LogP contribution in [0.1, 0.15) is 41.5 Å². The molecule has 1 fully saturated rings. The Kier molecular flexibility index (Phi) is 6.78. The molecule has 9 nitrogen and oxygen atoms in total. The van der Waals surface area contributed by atoms with E-state index in [1.807, 2.05) is 0 Å². The molecule has 1 rings (SSSR count). The summed E-state index contributed by atoms with van der Waals surface area (Å²) in [7, 11) is 0. The molecule has 0 unspecified atom stereocenters. The SMILES string of the molecule is CC(=O)OC[C@H]1[C@@H](NC(=O)OC(C)(C)C)[C@H](OC(C)=O)[C@H]1OC(C)=O. The Morgan fingerprint density at radius 3 is 1.84 bits per heavy atom. The van der Waals surface area contributed by atoms with E-state index < -0.39 is 53.8 Å². The van der Waals surface area contributed by atoms with Crippen LogP contribution in [0.2, 0.25) is 0 Å². The molecule has 0 aliphatic heterocycles. The molecule has 0 aromatic rings. The van der Waals surface area contributed by atoms with E-state index in [9.17, 15) is 19.2 Å². The maximum absolute atomic E-state index is 12.0. The number of amides is 1. The first kappa shape index (κ1) is 20.7. The molecule has 9 heteroatoms. The van der Waals surface area contributed by atoms with Gasteiger partial charge in [-0.3, -0.25) is 14.4 Å². The molecule has 1 N–H and O–H groups in total. The van der Waals surface area contributed by atoms with Gasteiger partial charge in [-0.1, -0.05) is 0 Å². The van der Waals surface area contributed by atoms with Crippen LogP contribution in [0.25, 0.3) is 0 Å². The summed E-state index contributed by atoms with van der Waals surface area (Å²) in [5.41, 5.74) is -0.717. The van der Waals surface area contributed by atoms with Crippen LogP contribution in [0.4, 0.5) is 4.79 Å². The van der Waals surface area contributed by atoms with Gasteiger partial charge in [0.05, 0.1) is 18.6 Å². The van der Waals surface area contributed by atoms with E-state index in [0.29, 0.717) is 0 Å². The van der Waals surface area contributed by atoms with Gasteiger partial charge < -0.3 is 24.3 Å². The summed E-state index contributed by atoms with van der Waals surface area (Å²) < 4.78 is 20.5. The number of ether oxygens (including phenoxy) is 4. The summed E-state index contributed by atoms with van der Waals surface area (Å²) in [5, 5.41) is 2.58. The van der Waals surface area contributed by atoms with Gasteiger partial charge in [-0.05, 0) is 20.8 Å². The zero-order chi connectivity index (χ0) is 19.4. The molecule has 1 saturated carbocycles. The molecule has 0 aromatic carbocycles. The number of alkyl carbamates (subject to hydrolysis) is 1. The molecule has 0 heterocycles. The molecular weight excluding hydrogens is 334 g/mol. The summed E-state index contributed by atoms with van der Waals surface area (Å²) >= 11 is 0. The van der Waals surface area contributed by atoms with Gasteiger partial charge in [0.2, 0.25) is 0 Å². The summed E-state index contributed by atoms with van der Waals surface area (Å²) in [4.78, 5) is 45.7. The molecule has 0 radical (unpaired) electrons. The van der Waals surface area contributed by atoms with Crippen molar-refractivity contribution in [1.82, 2.24) is 5.32 Å². The van der Waals surface area contributed by atoms with Crippen LogP contribution >= 0.6 is 0 Å². The Labute approximate surface area is 146 Å². The fraction of sp³-hybridized carbons (Fsp3) is 0.750. The second kappa shape index (κ2) is 8.17. The van der Waals surface area contributed by atoms with Gasteiger partial charge >= 0.3 is 24.0 Å². The Morgan fingerprint density at radius 2 is 1.40 bits per heavy atom. The van der Waals surface area contributed by atoms with Crippen LogP contribution in [0.3, 0.4) is 0 Å². The molecule has 0 aromatic heterocycles. The van der Waals surface area contributed by atoms with Crippen molar-refractivity contribution in [2.24, 2.45) is 5.92 Å². The van der Waals surface area contributed by atoms with Crippen LogP contribution in [-0.2, 0) is 33.3 Å². The topological polar surface area (TPSA) is 117 Å². The number of hydrogen-bond acceptors (Lipinski definition) is 8. The molecule has 25 heavy (non-hydrogen) atoms. The van der Waals surface area contributed by atoms with E-state index in [-0.39, 0.29) is 6.61 Å². The van der Waals surface area contributed by atoms with Gasteiger partial charge in [0.1, 0.15) is 11.7 Å². The Balaban J connectivity index is 2.90. The van der Waals surface area contributed by atoms with Crippen molar-refractivity contribution < 1.29 is 38.1 Å². The average Bonchev–Trinajstić information content (AvgIpc) is 2.40. The van der Waals surface area contributed by atoms with Crippen molar-refractivity contribution in [3.8, 4) is 0 Å². The van der Waals surface area contributed by atoms with Crippen molar-refractivity contribution >= 4 is 24.0 Å². The number of carbonyl (C=O) groups excluding carboxylic acids is 4. The lowest BCUT2D eigenvalue weighted by molar-refractivity contribution is -0.205. The van der Waals surface area contributed by atoms with Crippen molar-refractivity contribution in [2.45, 2.75) is 65.4 Å². The highest BCUT2D eigenvalue weighted by atomic mass is 16.6. The van der Waals surface area contributed by atoms with E-state index in [1.165, 1.54) is 20.8 Å². The summed E-state index contributed by atoms with van der Waals surface area (Å²) in [6.45, 7) is 8.65. The first-order chi connectivity index (χ1) is 11.4. The highest BCUT2D eigenvalue weighted by molar-refractivity contribution is 5.70. The van der Waals surface area contributed by atoms with Crippen molar-refractivity contribution in [1.29, 1.82) is 0 Å². The molecule has 4 atom stereocenters. The highest BCUT2D eigenvalue weighted by Gasteiger charge is 2.56. The minimum Gasteiger partial charge on any atom is -0.465 e. The standard InChI is InChI=1S/C16H25NO8/c1-8(18)22-7-11-12(17-15(21)25-16(4,5)6)14(24-10(3)20)13(11)23-9(2)19/h11-14H,7H2,1-6H3,(H,17,21)/t11-,12+,13-,14-/m0/s1. The lowest BCUT2D eigenvalue weighted by Gasteiger charge is -2.49. The lowest BCUT2D eigenvalue weighted by Crippen LogP contribution is -2.70. The van der Waals surface area contributed by atoms with Gasteiger partial charge in [-0.2, -0.15) is 0 Å². The predicted octanol–water partition coefficient (Wildman–Crippen LogP) is 0.936. The molecule has 0 spiro atoms. The first-order valence-electron chi connectivity index (χ1n) is 7.88. The molecule has 1 amide bonds.